The molecule has 0 bridgehead atoms. The fraction of sp³-hybridized carbons (Fsp3) is 0.462. The largest absolute Gasteiger partial charge is 0.293 e. The summed E-state index contributed by atoms with van der Waals surface area (Å²) < 4.78 is 0. The molecule has 0 radical (unpaired) electrons. The van der Waals surface area contributed by atoms with Crippen LogP contribution in [0, 0.1) is 0 Å². The Morgan fingerprint density at radius 1 is 1.27 bits per heavy atom. The fourth-order valence-electron chi connectivity index (χ4n) is 2.12. The highest BCUT2D eigenvalue weighted by molar-refractivity contribution is 6.33. The molecule has 1 nitrogen and oxygen atoms in total. The molecule has 0 aliphatic heterocycles. The molecule has 1 aliphatic rings. The molecule has 80 valence electrons. The Labute approximate surface area is 95.4 Å². The average Bonchev–Trinajstić information content (AvgIpc) is 2.27. The van der Waals surface area contributed by atoms with Gasteiger partial charge in [-0.1, -0.05) is 12.1 Å². The fourth-order valence-corrected chi connectivity index (χ4v) is 2.24. The summed E-state index contributed by atoms with van der Waals surface area (Å²) in [7, 11) is 0. The Kier molecular flexibility index (Phi) is 3.11. The number of ketones is 1. The summed E-state index contributed by atoms with van der Waals surface area (Å²) >= 11 is 5.80. The van der Waals surface area contributed by atoms with Crippen LogP contribution >= 0.6 is 11.6 Å². The van der Waals surface area contributed by atoms with Gasteiger partial charge in [-0.05, 0) is 49.8 Å². The van der Waals surface area contributed by atoms with Gasteiger partial charge >= 0.3 is 0 Å². The zero-order valence-corrected chi connectivity index (χ0v) is 9.68. The van der Waals surface area contributed by atoms with Crippen molar-refractivity contribution in [3.63, 3.8) is 0 Å². The molecule has 0 aromatic heterocycles. The van der Waals surface area contributed by atoms with Gasteiger partial charge in [0.2, 0.25) is 0 Å². The van der Waals surface area contributed by atoms with Crippen LogP contribution < -0.4 is 0 Å². The van der Waals surface area contributed by atoms with E-state index in [1.165, 1.54) is 24.0 Å². The zero-order valence-electron chi connectivity index (χ0n) is 8.92. The third kappa shape index (κ3) is 2.23. The predicted octanol–water partition coefficient (Wildman–Crippen LogP) is 3.38. The van der Waals surface area contributed by atoms with Crippen LogP contribution in [0.25, 0.3) is 0 Å². The van der Waals surface area contributed by atoms with E-state index in [-0.39, 0.29) is 5.78 Å². The van der Waals surface area contributed by atoms with Gasteiger partial charge in [-0.25, -0.2) is 0 Å². The number of halogens is 1. The molecular formula is C13H15ClO. The van der Waals surface area contributed by atoms with Crippen LogP contribution in [0.4, 0.5) is 0 Å². The molecular weight excluding hydrogens is 208 g/mol. The second-order valence-corrected chi connectivity index (χ2v) is 4.83. The molecule has 0 spiro atoms. The van der Waals surface area contributed by atoms with Crippen molar-refractivity contribution in [3.8, 4) is 0 Å². The number of Topliss-reactive ketones (excluding diaryl/α,β-unsaturated/α-hetero) is 1. The van der Waals surface area contributed by atoms with Crippen LogP contribution in [-0.4, -0.2) is 11.2 Å². The van der Waals surface area contributed by atoms with Crippen molar-refractivity contribution >= 4 is 17.4 Å². The molecule has 1 aliphatic carbocycles. The topological polar surface area (TPSA) is 17.1 Å². The highest BCUT2D eigenvalue weighted by atomic mass is 35.5. The van der Waals surface area contributed by atoms with Crippen LogP contribution in [0.5, 0.6) is 0 Å². The van der Waals surface area contributed by atoms with Gasteiger partial charge in [0.05, 0.1) is 5.38 Å². The average molecular weight is 223 g/mol. The zero-order chi connectivity index (χ0) is 10.8. The van der Waals surface area contributed by atoms with E-state index >= 15 is 0 Å². The van der Waals surface area contributed by atoms with Crippen LogP contribution in [0.15, 0.2) is 18.2 Å². The molecule has 0 N–H and O–H groups in total. The van der Waals surface area contributed by atoms with Crippen molar-refractivity contribution in [2.75, 3.05) is 0 Å². The molecule has 0 saturated heterocycles. The summed E-state index contributed by atoms with van der Waals surface area (Å²) in [5, 5.41) is -0.424. The lowest BCUT2D eigenvalue weighted by Gasteiger charge is -2.16. The predicted molar refractivity (Wildman–Crippen MR) is 62.7 cm³/mol. The van der Waals surface area contributed by atoms with Gasteiger partial charge < -0.3 is 0 Å². The van der Waals surface area contributed by atoms with E-state index < -0.39 is 5.38 Å². The molecule has 1 unspecified atom stereocenters. The van der Waals surface area contributed by atoms with E-state index in [9.17, 15) is 4.79 Å². The van der Waals surface area contributed by atoms with E-state index in [2.05, 4.69) is 6.07 Å². The minimum Gasteiger partial charge on any atom is -0.293 e. The van der Waals surface area contributed by atoms with Crippen molar-refractivity contribution in [2.45, 2.75) is 38.0 Å². The molecule has 0 fully saturated rings. The third-order valence-corrected chi connectivity index (χ3v) is 3.19. The van der Waals surface area contributed by atoms with Crippen LogP contribution in [0.2, 0.25) is 0 Å². The lowest BCUT2D eigenvalue weighted by Crippen LogP contribution is -2.12. The monoisotopic (exact) mass is 222 g/mol. The van der Waals surface area contributed by atoms with Crippen molar-refractivity contribution in [1.29, 1.82) is 0 Å². The second-order valence-electron chi connectivity index (χ2n) is 4.17. The van der Waals surface area contributed by atoms with Gasteiger partial charge in [-0.2, -0.15) is 0 Å². The lowest BCUT2D eigenvalue weighted by atomic mass is 9.89. The van der Waals surface area contributed by atoms with E-state index in [0.29, 0.717) is 0 Å². The van der Waals surface area contributed by atoms with E-state index in [0.717, 1.165) is 18.4 Å². The number of rotatable bonds is 2. The number of hydrogen-bond acceptors (Lipinski definition) is 1. The number of hydrogen-bond donors (Lipinski definition) is 0. The minimum atomic E-state index is -0.424. The van der Waals surface area contributed by atoms with E-state index in [1.807, 2.05) is 12.1 Å². The number of alkyl halides is 1. The number of aryl methyl sites for hydroxylation is 2. The molecule has 1 aromatic carbocycles. The molecule has 15 heavy (non-hydrogen) atoms. The number of fused-ring (bicyclic) bond motifs is 1. The summed E-state index contributed by atoms with van der Waals surface area (Å²) in [5.74, 6) is 0.0324. The number of benzene rings is 1. The van der Waals surface area contributed by atoms with Crippen molar-refractivity contribution < 1.29 is 4.79 Å². The standard InChI is InChI=1S/C13H15ClO/c1-9(14)13(15)12-7-6-10-4-2-3-5-11(10)8-12/h6-9H,2-5H2,1H3. The highest BCUT2D eigenvalue weighted by Crippen LogP contribution is 2.23. The third-order valence-electron chi connectivity index (χ3n) is 2.99. The van der Waals surface area contributed by atoms with Gasteiger partial charge in [-0.15, -0.1) is 11.6 Å². The summed E-state index contributed by atoms with van der Waals surface area (Å²) in [6.07, 6.45) is 4.76. The molecule has 2 heteroatoms. The quantitative estimate of drug-likeness (QED) is 0.554. The SMILES string of the molecule is CC(Cl)C(=O)c1ccc2c(c1)CCCC2. The Morgan fingerprint density at radius 3 is 2.60 bits per heavy atom. The van der Waals surface area contributed by atoms with Crippen LogP contribution in [-0.2, 0) is 12.8 Å². The van der Waals surface area contributed by atoms with E-state index in [4.69, 9.17) is 11.6 Å². The second kappa shape index (κ2) is 4.36. The highest BCUT2D eigenvalue weighted by Gasteiger charge is 2.15. The van der Waals surface area contributed by atoms with Crippen molar-refractivity contribution in [2.24, 2.45) is 0 Å². The number of carbonyl (C=O) groups excluding carboxylic acids is 1. The van der Waals surface area contributed by atoms with Gasteiger partial charge in [0, 0.05) is 5.56 Å². The first-order valence-corrected chi connectivity index (χ1v) is 5.92. The summed E-state index contributed by atoms with van der Waals surface area (Å²) in [4.78, 5) is 11.7. The molecule has 0 heterocycles. The van der Waals surface area contributed by atoms with Gasteiger partial charge in [0.15, 0.2) is 5.78 Å². The summed E-state index contributed by atoms with van der Waals surface area (Å²) in [6, 6.07) is 6.02. The normalized spacial score (nSPS) is 16.9. The molecule has 2 rings (SSSR count). The van der Waals surface area contributed by atoms with Gasteiger partial charge in [-0.3, -0.25) is 4.79 Å². The molecule has 0 amide bonds. The van der Waals surface area contributed by atoms with Gasteiger partial charge in [0.25, 0.3) is 0 Å². The first-order chi connectivity index (χ1) is 7.18. The summed E-state index contributed by atoms with van der Waals surface area (Å²) in [6.45, 7) is 1.73. The first-order valence-electron chi connectivity index (χ1n) is 5.48. The number of carbonyl (C=O) groups is 1. The maximum atomic E-state index is 11.7. The van der Waals surface area contributed by atoms with E-state index in [1.54, 1.807) is 6.92 Å². The Hall–Kier alpha value is -0.820. The van der Waals surface area contributed by atoms with Crippen LogP contribution in [0.1, 0.15) is 41.3 Å². The Balaban J connectivity index is 2.32. The van der Waals surface area contributed by atoms with Gasteiger partial charge in [0.1, 0.15) is 0 Å². The first kappa shape index (κ1) is 10.7. The van der Waals surface area contributed by atoms with Crippen molar-refractivity contribution in [1.82, 2.24) is 0 Å². The van der Waals surface area contributed by atoms with Crippen LogP contribution in [0.3, 0.4) is 0 Å². The maximum absolute atomic E-state index is 11.7. The molecule has 1 atom stereocenters. The Bertz CT molecular complexity index is 382. The molecule has 0 saturated carbocycles. The maximum Gasteiger partial charge on any atom is 0.180 e. The smallest absolute Gasteiger partial charge is 0.180 e. The Morgan fingerprint density at radius 2 is 1.93 bits per heavy atom. The summed E-state index contributed by atoms with van der Waals surface area (Å²) in [5.41, 5.74) is 3.50. The molecule has 1 aromatic rings. The minimum absolute atomic E-state index is 0.0324. The van der Waals surface area contributed by atoms with Crippen molar-refractivity contribution in [3.05, 3.63) is 34.9 Å². The lowest BCUT2D eigenvalue weighted by molar-refractivity contribution is 0.0991.